The molecule has 1 fully saturated rings. The number of hydrogen-bond acceptors (Lipinski definition) is 5. The molecule has 24 heavy (non-hydrogen) atoms. The van der Waals surface area contributed by atoms with E-state index in [9.17, 15) is 4.79 Å². The third-order valence-corrected chi connectivity index (χ3v) is 4.79. The quantitative estimate of drug-likeness (QED) is 0.831. The number of carbonyl (C=O) groups excluding carboxylic acids is 1. The Hall–Kier alpha value is -2.28. The second-order valence-electron chi connectivity index (χ2n) is 6.50. The summed E-state index contributed by atoms with van der Waals surface area (Å²) in [4.78, 5) is 18.7. The van der Waals surface area contributed by atoms with Crippen molar-refractivity contribution in [2.75, 3.05) is 20.3 Å². The minimum atomic E-state index is -0.188. The number of carbonyl (C=O) groups is 1. The van der Waals surface area contributed by atoms with Gasteiger partial charge in [-0.2, -0.15) is 0 Å². The van der Waals surface area contributed by atoms with Gasteiger partial charge in [-0.1, -0.05) is 5.21 Å². The highest BCUT2D eigenvalue weighted by Crippen LogP contribution is 2.34. The van der Waals surface area contributed by atoms with Crippen LogP contribution in [0.3, 0.4) is 0 Å². The monoisotopic (exact) mass is 327 g/mol. The molecule has 0 N–H and O–H groups in total. The van der Waals surface area contributed by atoms with Crippen molar-refractivity contribution >= 4 is 5.91 Å². The average Bonchev–Trinajstić information content (AvgIpc) is 3.34. The first-order valence-electron chi connectivity index (χ1n) is 8.40. The number of amides is 1. The van der Waals surface area contributed by atoms with Gasteiger partial charge in [-0.15, -0.1) is 5.10 Å². The van der Waals surface area contributed by atoms with Crippen molar-refractivity contribution in [3.63, 3.8) is 0 Å². The van der Waals surface area contributed by atoms with Gasteiger partial charge in [0.25, 0.3) is 5.91 Å². The highest BCUT2D eigenvalue weighted by molar-refractivity contribution is 5.94. The zero-order valence-electron chi connectivity index (χ0n) is 13.8. The third kappa shape index (κ3) is 2.80. The number of aromatic nitrogens is 4. The molecule has 0 saturated heterocycles. The van der Waals surface area contributed by atoms with Gasteiger partial charge in [0, 0.05) is 44.6 Å². The molecule has 0 aromatic carbocycles. The van der Waals surface area contributed by atoms with E-state index in [2.05, 4.69) is 15.3 Å². The minimum Gasteiger partial charge on any atom is -0.382 e. The number of hydrogen-bond donors (Lipinski definition) is 0. The lowest BCUT2D eigenvalue weighted by molar-refractivity contribution is 0.0490. The Morgan fingerprint density at radius 2 is 2.12 bits per heavy atom. The van der Waals surface area contributed by atoms with E-state index in [1.807, 2.05) is 9.58 Å². The fraction of sp³-hybridized carbons (Fsp3) is 0.529. The van der Waals surface area contributed by atoms with E-state index < -0.39 is 0 Å². The van der Waals surface area contributed by atoms with E-state index in [0.29, 0.717) is 18.7 Å². The Balaban J connectivity index is 1.62. The Morgan fingerprint density at radius 1 is 1.33 bits per heavy atom. The van der Waals surface area contributed by atoms with Crippen LogP contribution in [0, 0.1) is 5.92 Å². The molecule has 0 spiro atoms. The number of nitrogens with zero attached hydrogens (tertiary/aromatic N) is 5. The average molecular weight is 327 g/mol. The summed E-state index contributed by atoms with van der Waals surface area (Å²) in [6, 6.07) is 3.30. The minimum absolute atomic E-state index is 0.0122. The SMILES string of the molecule is COC[C@@H]1c2nnn(CC3CC3)c2CCN1C(=O)c1ccncc1. The number of fused-ring (bicyclic) bond motifs is 1. The smallest absolute Gasteiger partial charge is 0.254 e. The van der Waals surface area contributed by atoms with Gasteiger partial charge in [-0.05, 0) is 30.9 Å². The highest BCUT2D eigenvalue weighted by atomic mass is 16.5. The molecule has 126 valence electrons. The summed E-state index contributed by atoms with van der Waals surface area (Å²) in [6.07, 6.45) is 6.62. The van der Waals surface area contributed by atoms with Gasteiger partial charge in [-0.3, -0.25) is 9.78 Å². The van der Waals surface area contributed by atoms with Crippen LogP contribution in [0.15, 0.2) is 24.5 Å². The van der Waals surface area contributed by atoms with E-state index >= 15 is 0 Å². The van der Waals surface area contributed by atoms with Crippen molar-refractivity contribution in [1.29, 1.82) is 0 Å². The van der Waals surface area contributed by atoms with Crippen molar-refractivity contribution in [3.05, 3.63) is 41.5 Å². The molecule has 0 bridgehead atoms. The van der Waals surface area contributed by atoms with Crippen LogP contribution in [0.25, 0.3) is 0 Å². The molecule has 7 heteroatoms. The molecule has 2 aromatic rings. The summed E-state index contributed by atoms with van der Waals surface area (Å²) in [5.41, 5.74) is 2.67. The fourth-order valence-corrected chi connectivity index (χ4v) is 3.31. The lowest BCUT2D eigenvalue weighted by Crippen LogP contribution is -2.42. The Bertz CT molecular complexity index is 726. The van der Waals surface area contributed by atoms with Gasteiger partial charge in [-0.25, -0.2) is 4.68 Å². The van der Waals surface area contributed by atoms with Gasteiger partial charge >= 0.3 is 0 Å². The van der Waals surface area contributed by atoms with Gasteiger partial charge in [0.2, 0.25) is 0 Å². The molecule has 1 aliphatic heterocycles. The van der Waals surface area contributed by atoms with Crippen LogP contribution < -0.4 is 0 Å². The van der Waals surface area contributed by atoms with Crippen LogP contribution in [0.2, 0.25) is 0 Å². The lowest BCUT2D eigenvalue weighted by atomic mass is 10.0. The van der Waals surface area contributed by atoms with Crippen LogP contribution in [0.5, 0.6) is 0 Å². The molecule has 7 nitrogen and oxygen atoms in total. The zero-order valence-corrected chi connectivity index (χ0v) is 13.8. The van der Waals surface area contributed by atoms with Gasteiger partial charge < -0.3 is 9.64 Å². The molecule has 0 unspecified atom stereocenters. The molecule has 1 aliphatic carbocycles. The van der Waals surface area contributed by atoms with Crippen molar-refractivity contribution in [2.45, 2.75) is 31.8 Å². The van der Waals surface area contributed by atoms with Crippen molar-refractivity contribution < 1.29 is 9.53 Å². The Morgan fingerprint density at radius 3 is 2.83 bits per heavy atom. The van der Waals surface area contributed by atoms with Crippen LogP contribution in [0.4, 0.5) is 0 Å². The first-order valence-corrected chi connectivity index (χ1v) is 8.40. The maximum atomic E-state index is 12.9. The van der Waals surface area contributed by atoms with Crippen molar-refractivity contribution in [1.82, 2.24) is 24.9 Å². The second-order valence-corrected chi connectivity index (χ2v) is 6.50. The molecule has 2 aliphatic rings. The maximum Gasteiger partial charge on any atom is 0.254 e. The lowest BCUT2D eigenvalue weighted by Gasteiger charge is -2.34. The molecule has 2 aromatic heterocycles. The van der Waals surface area contributed by atoms with Crippen LogP contribution in [0.1, 0.15) is 40.6 Å². The third-order valence-electron chi connectivity index (χ3n) is 4.79. The van der Waals surface area contributed by atoms with Crippen LogP contribution in [-0.2, 0) is 17.7 Å². The van der Waals surface area contributed by atoms with E-state index in [4.69, 9.17) is 4.74 Å². The number of methoxy groups -OCH3 is 1. The van der Waals surface area contributed by atoms with E-state index in [1.54, 1.807) is 31.6 Å². The summed E-state index contributed by atoms with van der Waals surface area (Å²) >= 11 is 0. The van der Waals surface area contributed by atoms with Gasteiger partial charge in [0.1, 0.15) is 11.7 Å². The standard InChI is InChI=1S/C17H21N5O2/c1-24-11-15-16-14(22(20-19-16)10-12-2-3-12)6-9-21(15)17(23)13-4-7-18-8-5-13/h4-5,7-8,12,15H,2-3,6,9-11H2,1H3/t15-/m1/s1. The molecule has 1 saturated carbocycles. The van der Waals surface area contributed by atoms with E-state index in [-0.39, 0.29) is 11.9 Å². The van der Waals surface area contributed by atoms with Crippen LogP contribution in [-0.4, -0.2) is 51.0 Å². The zero-order chi connectivity index (χ0) is 16.5. The molecule has 4 rings (SSSR count). The van der Waals surface area contributed by atoms with Crippen molar-refractivity contribution in [2.24, 2.45) is 5.92 Å². The molecular weight excluding hydrogens is 306 g/mol. The number of pyridine rings is 1. The predicted octanol–water partition coefficient (Wildman–Crippen LogP) is 1.47. The van der Waals surface area contributed by atoms with Crippen molar-refractivity contribution in [3.8, 4) is 0 Å². The molecule has 1 amide bonds. The Labute approximate surface area is 140 Å². The van der Waals surface area contributed by atoms with E-state index in [0.717, 1.165) is 30.3 Å². The fourth-order valence-electron chi connectivity index (χ4n) is 3.31. The normalized spacial score (nSPS) is 20.0. The highest BCUT2D eigenvalue weighted by Gasteiger charge is 2.36. The first kappa shape index (κ1) is 15.3. The summed E-state index contributed by atoms with van der Waals surface area (Å²) in [5, 5.41) is 8.73. The summed E-state index contributed by atoms with van der Waals surface area (Å²) in [7, 11) is 1.65. The predicted molar refractivity (Wildman–Crippen MR) is 86.3 cm³/mol. The maximum absolute atomic E-state index is 12.9. The summed E-state index contributed by atoms with van der Waals surface area (Å²) in [6.45, 7) is 2.02. The first-order chi connectivity index (χ1) is 11.8. The van der Waals surface area contributed by atoms with Crippen LogP contribution >= 0.6 is 0 Å². The largest absolute Gasteiger partial charge is 0.382 e. The summed E-state index contributed by atoms with van der Waals surface area (Å²) < 4.78 is 7.41. The Kier molecular flexibility index (Phi) is 4.02. The number of ether oxygens (including phenoxy) is 1. The number of rotatable bonds is 5. The van der Waals surface area contributed by atoms with Gasteiger partial charge in [0.15, 0.2) is 0 Å². The molecule has 3 heterocycles. The molecular formula is C17H21N5O2. The molecule has 1 atom stereocenters. The second kappa shape index (κ2) is 6.32. The summed E-state index contributed by atoms with van der Waals surface area (Å²) in [5.74, 6) is 0.731. The van der Waals surface area contributed by atoms with Gasteiger partial charge in [0.05, 0.1) is 12.3 Å². The topological polar surface area (TPSA) is 73.1 Å². The molecule has 0 radical (unpaired) electrons. The van der Waals surface area contributed by atoms with E-state index in [1.165, 1.54) is 12.8 Å².